The molecule has 0 saturated heterocycles. The van der Waals surface area contributed by atoms with Gasteiger partial charge < -0.3 is 0 Å². The summed E-state index contributed by atoms with van der Waals surface area (Å²) < 4.78 is 112. The molecule has 16 rings (SSSR count). The molecule has 10 nitrogen and oxygen atoms in total. The van der Waals surface area contributed by atoms with Crippen molar-refractivity contribution in [2.24, 2.45) is 0 Å². The molecule has 6 aliphatic heterocycles. The number of fused-ring (bicyclic) bond motifs is 24. The molecule has 0 saturated carbocycles. The summed E-state index contributed by atoms with van der Waals surface area (Å²) in [5.41, 5.74) is 14.5. The summed E-state index contributed by atoms with van der Waals surface area (Å²) in [5, 5.41) is 0. The van der Waals surface area contributed by atoms with Crippen LogP contribution in [-0.4, -0.2) is 44.5 Å². The standard InChI is InChI=1S/C69H54N10.2Pt/c1-49-37-58(76-47-72(4)64-27-11-15-31-68(64)76)43-60(38-49)78(56-23-17-21-54(41-56)74-45-70(2)62-25-9-13-29-66(62)74)52-33-35-53(36-34-52)79(57-24-18-22-55(42-57)75-46-71(3)63-26-10-14-30-67(63)75)61-40-51(50-19-7-6-8-20-50)39-59(44-61)77-48-73(5)65-28-12-16-32-69(65)77;;/h6-44H,1-5H3;;/i2D3,3D3,4D3,5D3;;. The van der Waals surface area contributed by atoms with Crippen molar-refractivity contribution in [2.45, 2.75) is 6.92 Å². The fourth-order valence-electron chi connectivity index (χ4n) is 11.7. The number of rotatable bonds is 3. The van der Waals surface area contributed by atoms with E-state index >= 15 is 0 Å². The maximum absolute atomic E-state index is 9.21. The van der Waals surface area contributed by atoms with Gasteiger partial charge in [-0.2, -0.15) is 0 Å². The van der Waals surface area contributed by atoms with Gasteiger partial charge in [0.25, 0.3) is 0 Å². The van der Waals surface area contributed by atoms with Gasteiger partial charge in [-0.3, -0.25) is 0 Å². The molecule has 0 spiro atoms. The second-order valence-corrected chi connectivity index (χ2v) is 25.3. The molecule has 400 valence electrons. The first-order chi connectivity index (χ1) is 44.6. The van der Waals surface area contributed by atoms with Gasteiger partial charge in [-0.25, -0.2) is 0 Å². The predicted octanol–water partition coefficient (Wildman–Crippen LogP) is 15.5. The summed E-state index contributed by atoms with van der Waals surface area (Å²) in [5.74, 6) is 0. The van der Waals surface area contributed by atoms with Crippen LogP contribution in [0.4, 0.5) is 102 Å². The van der Waals surface area contributed by atoms with Crippen LogP contribution >= 0.6 is 0 Å². The predicted molar refractivity (Wildman–Crippen MR) is 334 cm³/mol. The van der Waals surface area contributed by atoms with Crippen molar-refractivity contribution in [3.8, 4) is 11.1 Å². The van der Waals surface area contributed by atoms with E-state index in [0.29, 0.717) is 84.8 Å². The Hall–Kier alpha value is -8.94. The molecule has 0 atom stereocenters. The first kappa shape index (κ1) is 37.1. The van der Waals surface area contributed by atoms with Crippen molar-refractivity contribution < 1.29 is 51.7 Å². The fourth-order valence-corrected chi connectivity index (χ4v) is 18.0. The molecule has 0 amide bonds. The van der Waals surface area contributed by atoms with Crippen LogP contribution in [0.25, 0.3) is 11.1 Å². The number of nitrogens with zero attached hydrogens (tertiary/aromatic N) is 10. The van der Waals surface area contributed by atoms with Crippen LogP contribution in [0, 0.1) is 6.92 Å². The second kappa shape index (κ2) is 18.6. The van der Waals surface area contributed by atoms with Crippen LogP contribution in [0.2, 0.25) is 0 Å². The van der Waals surface area contributed by atoms with E-state index in [1.165, 1.54) is 19.6 Å². The van der Waals surface area contributed by atoms with Gasteiger partial charge >= 0.3 is 508 Å². The summed E-state index contributed by atoms with van der Waals surface area (Å²) in [7, 11) is 0. The molecule has 0 unspecified atom stereocenters. The molecule has 6 heterocycles. The Balaban J connectivity index is 0.930. The Labute approximate surface area is 505 Å². The molecule has 0 aromatic heterocycles. The summed E-state index contributed by atoms with van der Waals surface area (Å²) in [6, 6.07) is 76.6. The summed E-state index contributed by atoms with van der Waals surface area (Å²) >= 11 is -3.37. The Kier molecular flexibility index (Phi) is 8.50. The van der Waals surface area contributed by atoms with Crippen molar-refractivity contribution >= 4 is 119 Å². The first-order valence-corrected chi connectivity index (χ1v) is 30.8. The monoisotopic (exact) mass is 1420 g/mol. The van der Waals surface area contributed by atoms with E-state index in [0.717, 1.165) is 50.8 Å². The minimum atomic E-state index is -2.68. The maximum atomic E-state index is 9.21. The van der Waals surface area contributed by atoms with E-state index in [4.69, 9.17) is 12.3 Å². The van der Waals surface area contributed by atoms with Crippen LogP contribution in [0.1, 0.15) is 22.0 Å². The third-order valence-electron chi connectivity index (χ3n) is 15.3. The zero-order valence-electron chi connectivity index (χ0n) is 55.1. The number of para-hydroxylation sites is 8. The summed E-state index contributed by atoms with van der Waals surface area (Å²) in [6.07, 6.45) is 0. The van der Waals surface area contributed by atoms with Crippen molar-refractivity contribution in [2.75, 3.05) is 76.9 Å². The summed E-state index contributed by atoms with van der Waals surface area (Å²) in [6.45, 7) is -8.63. The molecule has 10 aromatic rings. The SMILES string of the molecule is [2H]C([2H])([2H])N1[C]2=[Pt]=[C]3N(c4cc(C)cc(c4)N(c4ccc(N5c6cccc(c6)N6[C](=[Pt]=[C]7N(c8cc(-c9ccccc9)cc5c8)c5ccccc5N7C([2H])([2H])[2H])N(C([2H])([2H])[2H])c5ccccc56)cc4)c4cccc(c4)N2c2ccccc21)c1ccccc1N3C([2H])([2H])[2H]. The van der Waals surface area contributed by atoms with Crippen molar-refractivity contribution in [1.29, 1.82) is 0 Å². The third-order valence-corrected chi connectivity index (χ3v) is 21.3. The van der Waals surface area contributed by atoms with Crippen molar-refractivity contribution in [3.63, 3.8) is 0 Å². The van der Waals surface area contributed by atoms with E-state index in [2.05, 4.69) is 76.5 Å². The Morgan fingerprint density at radius 2 is 0.543 bits per heavy atom. The summed E-state index contributed by atoms with van der Waals surface area (Å²) in [4.78, 5) is 18.0. The van der Waals surface area contributed by atoms with Crippen LogP contribution in [-0.2, 0) is 35.3 Å². The van der Waals surface area contributed by atoms with Gasteiger partial charge in [0.1, 0.15) is 0 Å². The number of hydrogen-bond acceptors (Lipinski definition) is 10. The third kappa shape index (κ3) is 7.46. The first-order valence-electron chi connectivity index (χ1n) is 32.2. The number of anilines is 18. The molecular weight excluding hydrogens is 1360 g/mol. The molecule has 0 aliphatic carbocycles. The van der Waals surface area contributed by atoms with Gasteiger partial charge in [-0.1, -0.05) is 0 Å². The molecule has 10 aromatic carbocycles. The van der Waals surface area contributed by atoms with E-state index < -0.39 is 63.2 Å². The van der Waals surface area contributed by atoms with Crippen LogP contribution in [0.5, 0.6) is 0 Å². The van der Waals surface area contributed by atoms with Gasteiger partial charge in [0, 0.05) is 0 Å². The van der Waals surface area contributed by atoms with Gasteiger partial charge in [-0.05, 0) is 0 Å². The second-order valence-electron chi connectivity index (χ2n) is 20.1. The van der Waals surface area contributed by atoms with Gasteiger partial charge in [-0.15, -0.1) is 0 Å². The van der Waals surface area contributed by atoms with E-state index in [-0.39, 0.29) is 0 Å². The van der Waals surface area contributed by atoms with E-state index in [1.807, 2.05) is 184 Å². The minimum absolute atomic E-state index is 0.452. The normalized spacial score (nSPS) is 18.5. The van der Waals surface area contributed by atoms with Crippen molar-refractivity contribution in [1.82, 2.24) is 0 Å². The number of hydrogen-bond donors (Lipinski definition) is 0. The van der Waals surface area contributed by atoms with Crippen LogP contribution < -0.4 is 49.0 Å². The molecule has 0 radical (unpaired) electrons. The fraction of sp³-hybridized carbons (Fsp3) is 0.0725. The quantitative estimate of drug-likeness (QED) is 0.171. The number of benzene rings is 10. The van der Waals surface area contributed by atoms with Crippen LogP contribution in [0.15, 0.2) is 237 Å². The van der Waals surface area contributed by atoms with Crippen molar-refractivity contribution in [3.05, 3.63) is 242 Å². The van der Waals surface area contributed by atoms with Gasteiger partial charge in [0.15, 0.2) is 0 Å². The zero-order valence-corrected chi connectivity index (χ0v) is 47.7. The molecule has 6 aliphatic rings. The van der Waals surface area contributed by atoms with E-state index in [9.17, 15) is 4.11 Å². The topological polar surface area (TPSA) is 32.4 Å². The molecule has 0 N–H and O–H groups in total. The Morgan fingerprint density at radius 3 is 0.926 bits per heavy atom. The average molecular weight is 1430 g/mol. The Bertz CT molecular complexity index is 4910. The zero-order chi connectivity index (χ0) is 64.2. The Morgan fingerprint density at radius 1 is 0.247 bits per heavy atom. The van der Waals surface area contributed by atoms with E-state index in [1.54, 1.807) is 12.1 Å². The average Bonchev–Trinajstić information content (AvgIpc) is 1.59. The molecular formula is C69H54N10Pt2. The number of aryl methyl sites for hydroxylation is 1. The molecule has 12 heteroatoms. The molecule has 81 heavy (non-hydrogen) atoms. The van der Waals surface area contributed by atoms with Crippen LogP contribution in [0.3, 0.4) is 0 Å². The van der Waals surface area contributed by atoms with Gasteiger partial charge in [0.2, 0.25) is 0 Å². The molecule has 0 fully saturated rings. The van der Waals surface area contributed by atoms with Gasteiger partial charge in [0.05, 0.1) is 0 Å². The molecule has 8 bridgehead atoms.